The molecule has 1 aromatic carbocycles. The quantitative estimate of drug-likeness (QED) is 0.879. The van der Waals surface area contributed by atoms with Crippen molar-refractivity contribution in [2.75, 3.05) is 13.2 Å². The molecule has 2 N–H and O–H groups in total. The molecule has 6 heteroatoms. The molecular formula is C15H20F3NO2. The normalized spacial score (nSPS) is 22.2. The standard InChI is InChI=1S/C15H20F3NO2/c1-10(14-6-3-7-21-14)19-9-13(20)11-4-2-5-12(8-11)15(16,17)18/h2,4-5,8,10,13-14,19-20H,3,6-7,9H2,1H3. The Bertz CT molecular complexity index is 458. The fourth-order valence-electron chi connectivity index (χ4n) is 2.47. The maximum Gasteiger partial charge on any atom is 0.416 e. The minimum absolute atomic E-state index is 0.0629. The molecule has 2 rings (SSSR count). The van der Waals surface area contributed by atoms with E-state index in [1.54, 1.807) is 0 Å². The number of ether oxygens (including phenoxy) is 1. The van der Waals surface area contributed by atoms with E-state index in [4.69, 9.17) is 4.74 Å². The number of benzene rings is 1. The second-order valence-electron chi connectivity index (χ2n) is 5.39. The number of alkyl halides is 3. The van der Waals surface area contributed by atoms with Crippen molar-refractivity contribution >= 4 is 0 Å². The SMILES string of the molecule is CC(NCC(O)c1cccc(C(F)(F)F)c1)C1CCCO1. The van der Waals surface area contributed by atoms with E-state index in [0.29, 0.717) is 0 Å². The topological polar surface area (TPSA) is 41.5 Å². The highest BCUT2D eigenvalue weighted by atomic mass is 19.4. The van der Waals surface area contributed by atoms with Gasteiger partial charge in [-0.25, -0.2) is 0 Å². The summed E-state index contributed by atoms with van der Waals surface area (Å²) in [5.41, 5.74) is -0.483. The number of rotatable bonds is 5. The van der Waals surface area contributed by atoms with Gasteiger partial charge in [-0.1, -0.05) is 12.1 Å². The second-order valence-corrected chi connectivity index (χ2v) is 5.39. The molecule has 0 aliphatic carbocycles. The molecule has 0 amide bonds. The third-order valence-electron chi connectivity index (χ3n) is 3.75. The Morgan fingerprint density at radius 3 is 2.81 bits per heavy atom. The van der Waals surface area contributed by atoms with Crippen LogP contribution in [0.4, 0.5) is 13.2 Å². The summed E-state index contributed by atoms with van der Waals surface area (Å²) in [5.74, 6) is 0. The minimum Gasteiger partial charge on any atom is -0.387 e. The first kappa shape index (κ1) is 16.3. The zero-order valence-electron chi connectivity index (χ0n) is 11.9. The van der Waals surface area contributed by atoms with Crippen molar-refractivity contribution in [1.29, 1.82) is 0 Å². The minimum atomic E-state index is -4.39. The Balaban J connectivity index is 1.92. The Hall–Kier alpha value is -1.11. The highest BCUT2D eigenvalue weighted by molar-refractivity contribution is 5.27. The molecule has 3 atom stereocenters. The van der Waals surface area contributed by atoms with Gasteiger partial charge in [0.25, 0.3) is 0 Å². The maximum absolute atomic E-state index is 12.6. The monoisotopic (exact) mass is 303 g/mol. The van der Waals surface area contributed by atoms with Crippen LogP contribution in [0.25, 0.3) is 0 Å². The Kier molecular flexibility index (Phi) is 5.24. The van der Waals surface area contributed by atoms with E-state index < -0.39 is 17.8 Å². The lowest BCUT2D eigenvalue weighted by atomic mass is 10.0. The molecule has 0 aromatic heterocycles. The van der Waals surface area contributed by atoms with Crippen LogP contribution in [0.1, 0.15) is 37.0 Å². The van der Waals surface area contributed by atoms with Crippen molar-refractivity contribution in [3.05, 3.63) is 35.4 Å². The summed E-state index contributed by atoms with van der Waals surface area (Å²) in [6.45, 7) is 2.89. The van der Waals surface area contributed by atoms with Crippen LogP contribution in [0.15, 0.2) is 24.3 Å². The van der Waals surface area contributed by atoms with Crippen molar-refractivity contribution in [3.63, 3.8) is 0 Å². The van der Waals surface area contributed by atoms with Gasteiger partial charge in [0.15, 0.2) is 0 Å². The van der Waals surface area contributed by atoms with Crippen molar-refractivity contribution in [2.24, 2.45) is 0 Å². The lowest BCUT2D eigenvalue weighted by Gasteiger charge is -2.22. The van der Waals surface area contributed by atoms with Crippen LogP contribution < -0.4 is 5.32 Å². The molecular weight excluding hydrogens is 283 g/mol. The van der Waals surface area contributed by atoms with Gasteiger partial charge >= 0.3 is 6.18 Å². The van der Waals surface area contributed by atoms with E-state index in [0.717, 1.165) is 31.6 Å². The smallest absolute Gasteiger partial charge is 0.387 e. The van der Waals surface area contributed by atoms with Gasteiger partial charge in [-0.05, 0) is 37.5 Å². The maximum atomic E-state index is 12.6. The third-order valence-corrected chi connectivity index (χ3v) is 3.75. The van der Waals surface area contributed by atoms with Crippen molar-refractivity contribution in [3.8, 4) is 0 Å². The van der Waals surface area contributed by atoms with Crippen molar-refractivity contribution in [1.82, 2.24) is 5.32 Å². The molecule has 118 valence electrons. The van der Waals surface area contributed by atoms with Gasteiger partial charge in [-0.15, -0.1) is 0 Å². The van der Waals surface area contributed by atoms with Crippen LogP contribution >= 0.6 is 0 Å². The number of hydrogen-bond donors (Lipinski definition) is 2. The fourth-order valence-corrected chi connectivity index (χ4v) is 2.47. The van der Waals surface area contributed by atoms with Gasteiger partial charge < -0.3 is 15.2 Å². The first-order chi connectivity index (χ1) is 9.88. The Labute approximate surface area is 122 Å². The number of hydrogen-bond acceptors (Lipinski definition) is 3. The first-order valence-electron chi connectivity index (χ1n) is 7.08. The van der Waals surface area contributed by atoms with E-state index in [1.807, 2.05) is 6.92 Å². The van der Waals surface area contributed by atoms with Gasteiger partial charge in [0.2, 0.25) is 0 Å². The molecule has 0 bridgehead atoms. The highest BCUT2D eigenvalue weighted by Crippen LogP contribution is 2.30. The van der Waals surface area contributed by atoms with Gasteiger partial charge in [0.05, 0.1) is 17.8 Å². The molecule has 3 unspecified atom stereocenters. The molecule has 1 aromatic rings. The van der Waals surface area contributed by atoms with E-state index in [1.165, 1.54) is 12.1 Å². The molecule has 1 aliphatic rings. The van der Waals surface area contributed by atoms with Gasteiger partial charge in [0.1, 0.15) is 0 Å². The molecule has 0 radical (unpaired) electrons. The molecule has 3 nitrogen and oxygen atoms in total. The Morgan fingerprint density at radius 2 is 2.19 bits per heavy atom. The number of nitrogens with one attached hydrogen (secondary N) is 1. The summed E-state index contributed by atoms with van der Waals surface area (Å²) < 4.78 is 43.4. The largest absolute Gasteiger partial charge is 0.416 e. The van der Waals surface area contributed by atoms with E-state index >= 15 is 0 Å². The summed E-state index contributed by atoms with van der Waals surface area (Å²) >= 11 is 0. The van der Waals surface area contributed by atoms with Crippen LogP contribution in [0.5, 0.6) is 0 Å². The third kappa shape index (κ3) is 4.43. The number of aliphatic hydroxyl groups is 1. The van der Waals surface area contributed by atoms with Gasteiger partial charge in [0, 0.05) is 19.2 Å². The fraction of sp³-hybridized carbons (Fsp3) is 0.600. The second kappa shape index (κ2) is 6.77. The predicted molar refractivity (Wildman–Crippen MR) is 72.8 cm³/mol. The number of aliphatic hydroxyl groups excluding tert-OH is 1. The molecule has 21 heavy (non-hydrogen) atoms. The lowest BCUT2D eigenvalue weighted by molar-refractivity contribution is -0.137. The van der Waals surface area contributed by atoms with Crippen LogP contribution in [0, 0.1) is 0 Å². The average molecular weight is 303 g/mol. The zero-order valence-corrected chi connectivity index (χ0v) is 11.9. The molecule has 1 heterocycles. The average Bonchev–Trinajstić information content (AvgIpc) is 2.98. The summed E-state index contributed by atoms with van der Waals surface area (Å²) in [6, 6.07) is 4.86. The molecule has 0 saturated carbocycles. The molecule has 1 fully saturated rings. The van der Waals surface area contributed by atoms with Gasteiger partial charge in [-0.3, -0.25) is 0 Å². The summed E-state index contributed by atoms with van der Waals surface area (Å²) in [6.07, 6.45) is -3.27. The molecule has 1 saturated heterocycles. The van der Waals surface area contributed by atoms with E-state index in [2.05, 4.69) is 5.32 Å². The predicted octanol–water partition coefficient (Wildman–Crippen LogP) is 2.90. The summed E-state index contributed by atoms with van der Waals surface area (Å²) in [7, 11) is 0. The van der Waals surface area contributed by atoms with E-state index in [9.17, 15) is 18.3 Å². The summed E-state index contributed by atoms with van der Waals surface area (Å²) in [4.78, 5) is 0. The van der Waals surface area contributed by atoms with Gasteiger partial charge in [-0.2, -0.15) is 13.2 Å². The Morgan fingerprint density at radius 1 is 1.43 bits per heavy atom. The van der Waals surface area contributed by atoms with Crippen molar-refractivity contribution in [2.45, 2.75) is 44.2 Å². The van der Waals surface area contributed by atoms with Crippen LogP contribution in [-0.2, 0) is 10.9 Å². The first-order valence-corrected chi connectivity index (χ1v) is 7.08. The van der Waals surface area contributed by atoms with Crippen LogP contribution in [-0.4, -0.2) is 30.4 Å². The van der Waals surface area contributed by atoms with E-state index in [-0.39, 0.29) is 24.3 Å². The lowest BCUT2D eigenvalue weighted by Crippen LogP contribution is -2.39. The van der Waals surface area contributed by atoms with Crippen LogP contribution in [0.3, 0.4) is 0 Å². The van der Waals surface area contributed by atoms with Crippen molar-refractivity contribution < 1.29 is 23.0 Å². The zero-order chi connectivity index (χ0) is 15.5. The molecule has 0 spiro atoms. The summed E-state index contributed by atoms with van der Waals surface area (Å²) in [5, 5.41) is 13.2. The number of halogens is 3. The van der Waals surface area contributed by atoms with Crippen LogP contribution in [0.2, 0.25) is 0 Å². The highest BCUT2D eigenvalue weighted by Gasteiger charge is 2.31. The molecule has 1 aliphatic heterocycles.